The molecule has 9 heteroatoms. The molecule has 0 spiro atoms. The first-order valence-corrected chi connectivity index (χ1v) is 9.96. The van der Waals surface area contributed by atoms with E-state index >= 15 is 0 Å². The van der Waals surface area contributed by atoms with Gasteiger partial charge in [-0.05, 0) is 30.3 Å². The molecule has 0 aliphatic carbocycles. The summed E-state index contributed by atoms with van der Waals surface area (Å²) in [4.78, 5) is 26.0. The monoisotopic (exact) mass is 424 g/mol. The van der Waals surface area contributed by atoms with Gasteiger partial charge >= 0.3 is 5.69 Å². The molecule has 0 saturated carbocycles. The van der Waals surface area contributed by atoms with Crippen LogP contribution in [0.1, 0.15) is 0 Å². The molecule has 1 aliphatic heterocycles. The average molecular weight is 425 g/mol. The van der Waals surface area contributed by atoms with Gasteiger partial charge in [0, 0.05) is 49.6 Å². The summed E-state index contributed by atoms with van der Waals surface area (Å²) in [6.07, 6.45) is 1.39. The molecular weight excluding hydrogens is 404 g/mol. The van der Waals surface area contributed by atoms with Crippen LogP contribution in [0.15, 0.2) is 60.9 Å². The lowest BCUT2D eigenvalue weighted by molar-refractivity contribution is -0.383. The molecule has 2 heterocycles. The highest BCUT2D eigenvalue weighted by Crippen LogP contribution is 2.37. The third-order valence-corrected chi connectivity index (χ3v) is 5.42. The van der Waals surface area contributed by atoms with Crippen molar-refractivity contribution in [3.63, 3.8) is 0 Å². The first-order valence-electron chi connectivity index (χ1n) is 9.58. The van der Waals surface area contributed by atoms with Gasteiger partial charge in [-0.3, -0.25) is 10.1 Å². The summed E-state index contributed by atoms with van der Waals surface area (Å²) in [6, 6.07) is 17.1. The van der Waals surface area contributed by atoms with Gasteiger partial charge < -0.3 is 14.7 Å². The predicted molar refractivity (Wildman–Crippen MR) is 119 cm³/mol. The van der Waals surface area contributed by atoms with Crippen LogP contribution in [0.5, 0.6) is 0 Å². The standard InChI is InChI=1S/C21H21ClN6O2/c1-25(17-7-3-2-4-8-17)20-19(28(29)30)21(24-15-23-20)27-12-10-26(11-13-27)18-9-5-6-16(22)14-18/h2-9,14-15H,10-13H2,1H3. The normalized spacial score (nSPS) is 13.9. The van der Waals surface area contributed by atoms with Crippen molar-refractivity contribution in [2.24, 2.45) is 0 Å². The van der Waals surface area contributed by atoms with Crippen LogP contribution in [0.25, 0.3) is 0 Å². The SMILES string of the molecule is CN(c1ccccc1)c1ncnc(N2CCN(c3cccc(Cl)c3)CC2)c1[N+](=O)[O-]. The Morgan fingerprint density at radius 2 is 1.70 bits per heavy atom. The van der Waals surface area contributed by atoms with Crippen molar-refractivity contribution in [3.05, 3.63) is 76.1 Å². The van der Waals surface area contributed by atoms with E-state index in [1.54, 1.807) is 11.9 Å². The van der Waals surface area contributed by atoms with Crippen LogP contribution in [-0.4, -0.2) is 48.1 Å². The summed E-state index contributed by atoms with van der Waals surface area (Å²) >= 11 is 6.11. The number of para-hydroxylation sites is 1. The van der Waals surface area contributed by atoms with E-state index in [0.717, 1.165) is 11.4 Å². The van der Waals surface area contributed by atoms with E-state index in [4.69, 9.17) is 11.6 Å². The number of rotatable bonds is 5. The van der Waals surface area contributed by atoms with E-state index in [1.165, 1.54) is 6.33 Å². The lowest BCUT2D eigenvalue weighted by atomic mass is 10.2. The molecule has 1 fully saturated rings. The highest BCUT2D eigenvalue weighted by atomic mass is 35.5. The maximum atomic E-state index is 12.0. The van der Waals surface area contributed by atoms with E-state index in [-0.39, 0.29) is 11.5 Å². The van der Waals surface area contributed by atoms with Gasteiger partial charge in [0.05, 0.1) is 4.92 Å². The zero-order chi connectivity index (χ0) is 21.1. The predicted octanol–water partition coefficient (Wildman–Crippen LogP) is 4.13. The van der Waals surface area contributed by atoms with E-state index < -0.39 is 4.92 Å². The molecule has 0 amide bonds. The minimum atomic E-state index is -0.395. The van der Waals surface area contributed by atoms with E-state index in [9.17, 15) is 10.1 Å². The summed E-state index contributed by atoms with van der Waals surface area (Å²) < 4.78 is 0. The fourth-order valence-corrected chi connectivity index (χ4v) is 3.81. The van der Waals surface area contributed by atoms with E-state index in [2.05, 4.69) is 14.9 Å². The van der Waals surface area contributed by atoms with Crippen LogP contribution >= 0.6 is 11.6 Å². The molecule has 4 rings (SSSR count). The molecule has 0 atom stereocenters. The number of benzene rings is 2. The van der Waals surface area contributed by atoms with Gasteiger partial charge in [0.1, 0.15) is 6.33 Å². The first kappa shape index (κ1) is 19.9. The molecule has 0 radical (unpaired) electrons. The summed E-state index contributed by atoms with van der Waals surface area (Å²) in [7, 11) is 1.77. The second kappa shape index (κ2) is 8.54. The summed E-state index contributed by atoms with van der Waals surface area (Å²) in [5, 5.41) is 12.7. The highest BCUT2D eigenvalue weighted by Gasteiger charge is 2.31. The lowest BCUT2D eigenvalue weighted by Crippen LogP contribution is -2.47. The highest BCUT2D eigenvalue weighted by molar-refractivity contribution is 6.30. The Kier molecular flexibility index (Phi) is 5.67. The zero-order valence-electron chi connectivity index (χ0n) is 16.5. The number of halogens is 1. The van der Waals surface area contributed by atoms with Crippen molar-refractivity contribution in [2.75, 3.05) is 47.9 Å². The summed E-state index contributed by atoms with van der Waals surface area (Å²) in [5.41, 5.74) is 1.78. The van der Waals surface area contributed by atoms with Gasteiger partial charge in [0.2, 0.25) is 11.6 Å². The van der Waals surface area contributed by atoms with Crippen molar-refractivity contribution < 1.29 is 4.92 Å². The minimum absolute atomic E-state index is 0.0833. The van der Waals surface area contributed by atoms with Gasteiger partial charge in [-0.25, -0.2) is 9.97 Å². The van der Waals surface area contributed by atoms with Crippen LogP contribution in [0.3, 0.4) is 0 Å². The molecule has 0 unspecified atom stereocenters. The Morgan fingerprint density at radius 3 is 2.37 bits per heavy atom. The Labute approximate surface area is 179 Å². The molecule has 0 bridgehead atoms. The van der Waals surface area contributed by atoms with E-state index in [0.29, 0.717) is 37.0 Å². The molecule has 1 aromatic heterocycles. The summed E-state index contributed by atoms with van der Waals surface area (Å²) in [5.74, 6) is 0.618. The molecule has 154 valence electrons. The molecule has 0 N–H and O–H groups in total. The van der Waals surface area contributed by atoms with Crippen molar-refractivity contribution in [1.82, 2.24) is 9.97 Å². The van der Waals surface area contributed by atoms with Crippen molar-refractivity contribution in [2.45, 2.75) is 0 Å². The van der Waals surface area contributed by atoms with Gasteiger partial charge in [0.15, 0.2) is 0 Å². The van der Waals surface area contributed by atoms with Gasteiger partial charge in [0.25, 0.3) is 0 Å². The van der Waals surface area contributed by atoms with Crippen LogP contribution in [0.2, 0.25) is 5.02 Å². The number of hydrogen-bond acceptors (Lipinski definition) is 7. The third kappa shape index (κ3) is 3.99. The molecule has 30 heavy (non-hydrogen) atoms. The van der Waals surface area contributed by atoms with Crippen molar-refractivity contribution >= 4 is 40.3 Å². The topological polar surface area (TPSA) is 78.6 Å². The molecule has 1 saturated heterocycles. The van der Waals surface area contributed by atoms with Crippen molar-refractivity contribution in [1.29, 1.82) is 0 Å². The third-order valence-electron chi connectivity index (χ3n) is 5.18. The summed E-state index contributed by atoms with van der Waals surface area (Å²) in [6.45, 7) is 2.65. The number of nitrogens with zero attached hydrogens (tertiary/aromatic N) is 6. The number of nitro groups is 1. The fourth-order valence-electron chi connectivity index (χ4n) is 3.62. The van der Waals surface area contributed by atoms with Crippen molar-refractivity contribution in [3.8, 4) is 0 Å². The van der Waals surface area contributed by atoms with E-state index in [1.807, 2.05) is 59.5 Å². The maximum Gasteiger partial charge on any atom is 0.353 e. The van der Waals surface area contributed by atoms with Crippen LogP contribution < -0.4 is 14.7 Å². The lowest BCUT2D eigenvalue weighted by Gasteiger charge is -2.36. The first-order chi connectivity index (χ1) is 14.5. The second-order valence-electron chi connectivity index (χ2n) is 6.98. The number of anilines is 4. The Hall–Kier alpha value is -3.39. The van der Waals surface area contributed by atoms with Crippen LogP contribution in [-0.2, 0) is 0 Å². The maximum absolute atomic E-state index is 12.0. The minimum Gasteiger partial charge on any atom is -0.368 e. The van der Waals surface area contributed by atoms with Gasteiger partial charge in [-0.1, -0.05) is 35.9 Å². The molecule has 3 aromatic rings. The number of hydrogen-bond donors (Lipinski definition) is 0. The Morgan fingerprint density at radius 1 is 1.00 bits per heavy atom. The molecule has 2 aromatic carbocycles. The quantitative estimate of drug-likeness (QED) is 0.450. The molecule has 1 aliphatic rings. The Bertz CT molecular complexity index is 1040. The number of piperazine rings is 1. The molecule has 8 nitrogen and oxygen atoms in total. The smallest absolute Gasteiger partial charge is 0.353 e. The van der Waals surface area contributed by atoms with Crippen LogP contribution in [0, 0.1) is 10.1 Å². The molecular formula is C21H21ClN6O2. The van der Waals surface area contributed by atoms with Gasteiger partial charge in [-0.2, -0.15) is 0 Å². The zero-order valence-corrected chi connectivity index (χ0v) is 17.2. The second-order valence-corrected chi connectivity index (χ2v) is 7.41. The number of aromatic nitrogens is 2. The fraction of sp³-hybridized carbons (Fsp3) is 0.238. The average Bonchev–Trinajstić information content (AvgIpc) is 2.78. The van der Waals surface area contributed by atoms with Gasteiger partial charge in [-0.15, -0.1) is 0 Å². The largest absolute Gasteiger partial charge is 0.368 e. The van der Waals surface area contributed by atoms with Crippen LogP contribution in [0.4, 0.5) is 28.7 Å². The Balaban J connectivity index is 1.60.